The van der Waals surface area contributed by atoms with E-state index >= 15 is 0 Å². The molecule has 0 unspecified atom stereocenters. The van der Waals surface area contributed by atoms with Crippen molar-refractivity contribution in [2.75, 3.05) is 23.7 Å². The first-order chi connectivity index (χ1) is 11.2. The molecular formula is C18H20N4O. The number of anilines is 2. The van der Waals surface area contributed by atoms with Crippen LogP contribution in [0, 0.1) is 0 Å². The van der Waals surface area contributed by atoms with Crippen LogP contribution in [0.2, 0.25) is 0 Å². The summed E-state index contributed by atoms with van der Waals surface area (Å²) in [6, 6.07) is 9.98. The molecule has 118 valence electrons. The smallest absolute Gasteiger partial charge is 0.244 e. The fourth-order valence-electron chi connectivity index (χ4n) is 3.63. The van der Waals surface area contributed by atoms with E-state index in [0.29, 0.717) is 5.82 Å². The summed E-state index contributed by atoms with van der Waals surface area (Å²) in [4.78, 5) is 18.7. The van der Waals surface area contributed by atoms with Crippen LogP contribution in [0.1, 0.15) is 18.4 Å². The number of pyridine rings is 1. The molecule has 3 heterocycles. The van der Waals surface area contributed by atoms with E-state index in [1.807, 2.05) is 29.2 Å². The number of fused-ring (bicyclic) bond motifs is 1. The van der Waals surface area contributed by atoms with Crippen molar-refractivity contribution in [3.05, 3.63) is 42.1 Å². The normalized spacial score (nSPS) is 19.8. The van der Waals surface area contributed by atoms with Gasteiger partial charge in [-0.25, -0.2) is 4.98 Å². The minimum absolute atomic E-state index is 0.0267. The van der Waals surface area contributed by atoms with Crippen molar-refractivity contribution in [3.8, 4) is 11.1 Å². The van der Waals surface area contributed by atoms with Crippen molar-refractivity contribution in [3.63, 3.8) is 0 Å². The summed E-state index contributed by atoms with van der Waals surface area (Å²) in [5.41, 5.74) is 10.3. The summed E-state index contributed by atoms with van der Waals surface area (Å²) in [6.07, 6.45) is 4.62. The van der Waals surface area contributed by atoms with Gasteiger partial charge in [0.05, 0.1) is 6.04 Å². The Morgan fingerprint density at radius 1 is 1.35 bits per heavy atom. The number of nitrogens with one attached hydrogen (secondary N) is 1. The second kappa shape index (κ2) is 5.66. The van der Waals surface area contributed by atoms with Crippen LogP contribution in [0.3, 0.4) is 0 Å². The van der Waals surface area contributed by atoms with Crippen molar-refractivity contribution in [1.29, 1.82) is 0 Å². The summed E-state index contributed by atoms with van der Waals surface area (Å²) < 4.78 is 0. The van der Waals surface area contributed by atoms with Crippen LogP contribution in [-0.2, 0) is 11.2 Å². The van der Waals surface area contributed by atoms with Crippen molar-refractivity contribution in [1.82, 2.24) is 10.3 Å². The van der Waals surface area contributed by atoms with Crippen LogP contribution in [0.5, 0.6) is 0 Å². The maximum atomic E-state index is 12.7. The fraction of sp³-hybridized carbons (Fsp3) is 0.333. The molecule has 3 N–H and O–H groups in total. The third-order valence-electron chi connectivity index (χ3n) is 4.74. The predicted molar refractivity (Wildman–Crippen MR) is 91.2 cm³/mol. The number of rotatable bonds is 2. The number of hydrogen-bond donors (Lipinski definition) is 2. The second-order valence-electron chi connectivity index (χ2n) is 6.16. The van der Waals surface area contributed by atoms with Crippen molar-refractivity contribution >= 4 is 17.4 Å². The van der Waals surface area contributed by atoms with Crippen molar-refractivity contribution < 1.29 is 4.79 Å². The number of aromatic nitrogens is 1. The maximum Gasteiger partial charge on any atom is 0.244 e. The molecular weight excluding hydrogens is 288 g/mol. The van der Waals surface area contributed by atoms with E-state index in [1.54, 1.807) is 6.20 Å². The zero-order chi connectivity index (χ0) is 15.8. The summed E-state index contributed by atoms with van der Waals surface area (Å²) in [7, 11) is 0. The molecule has 0 saturated carbocycles. The molecule has 0 spiro atoms. The van der Waals surface area contributed by atoms with E-state index in [9.17, 15) is 4.79 Å². The van der Waals surface area contributed by atoms with Crippen molar-refractivity contribution in [2.45, 2.75) is 25.3 Å². The highest BCUT2D eigenvalue weighted by Crippen LogP contribution is 2.37. The maximum absolute atomic E-state index is 12.7. The lowest BCUT2D eigenvalue weighted by molar-refractivity contribution is -0.120. The molecule has 1 fully saturated rings. The molecule has 2 aliphatic rings. The Balaban J connectivity index is 1.70. The molecule has 1 amide bonds. The Kier molecular flexibility index (Phi) is 3.50. The van der Waals surface area contributed by atoms with Crippen LogP contribution < -0.4 is 16.0 Å². The first kappa shape index (κ1) is 14.2. The summed E-state index contributed by atoms with van der Waals surface area (Å²) in [5, 5.41) is 3.30. The highest BCUT2D eigenvalue weighted by molar-refractivity contribution is 6.00. The average molecular weight is 308 g/mol. The zero-order valence-electron chi connectivity index (χ0n) is 13.0. The molecule has 0 bridgehead atoms. The van der Waals surface area contributed by atoms with E-state index in [0.717, 1.165) is 49.2 Å². The molecule has 5 heteroatoms. The van der Waals surface area contributed by atoms with Crippen LogP contribution in [-0.4, -0.2) is 30.0 Å². The Morgan fingerprint density at radius 3 is 3.04 bits per heavy atom. The molecule has 23 heavy (non-hydrogen) atoms. The van der Waals surface area contributed by atoms with Crippen LogP contribution in [0.25, 0.3) is 11.1 Å². The number of amides is 1. The number of nitrogens with zero attached hydrogens (tertiary/aromatic N) is 2. The number of hydrogen-bond acceptors (Lipinski definition) is 4. The largest absolute Gasteiger partial charge is 0.384 e. The topological polar surface area (TPSA) is 71.2 Å². The van der Waals surface area contributed by atoms with Gasteiger partial charge in [0, 0.05) is 18.4 Å². The van der Waals surface area contributed by atoms with Gasteiger partial charge in [0.25, 0.3) is 0 Å². The zero-order valence-corrected chi connectivity index (χ0v) is 13.0. The number of carbonyl (C=O) groups is 1. The Labute approximate surface area is 135 Å². The van der Waals surface area contributed by atoms with Gasteiger partial charge in [-0.3, -0.25) is 4.79 Å². The van der Waals surface area contributed by atoms with E-state index in [-0.39, 0.29) is 11.9 Å². The number of carbonyl (C=O) groups excluding carboxylic acids is 1. The molecule has 1 atom stereocenters. The van der Waals surface area contributed by atoms with E-state index in [1.165, 1.54) is 5.56 Å². The molecule has 1 aromatic carbocycles. The average Bonchev–Trinajstić information content (AvgIpc) is 3.23. The molecule has 4 rings (SSSR count). The fourth-order valence-corrected chi connectivity index (χ4v) is 3.63. The molecule has 0 radical (unpaired) electrons. The first-order valence-corrected chi connectivity index (χ1v) is 8.12. The summed E-state index contributed by atoms with van der Waals surface area (Å²) in [5.74, 6) is 0.717. The lowest BCUT2D eigenvalue weighted by Crippen LogP contribution is -2.42. The molecule has 1 saturated heterocycles. The van der Waals surface area contributed by atoms with E-state index < -0.39 is 0 Å². The van der Waals surface area contributed by atoms with Gasteiger partial charge < -0.3 is 16.0 Å². The lowest BCUT2D eigenvalue weighted by Gasteiger charge is -2.21. The van der Waals surface area contributed by atoms with Gasteiger partial charge in [0.1, 0.15) is 5.82 Å². The summed E-state index contributed by atoms with van der Waals surface area (Å²) in [6.45, 7) is 1.69. The quantitative estimate of drug-likeness (QED) is 0.890. The highest BCUT2D eigenvalue weighted by atomic mass is 16.2. The molecule has 1 aromatic heterocycles. The molecule has 2 aromatic rings. The van der Waals surface area contributed by atoms with Gasteiger partial charge in [0.2, 0.25) is 5.91 Å². The molecule has 5 nitrogen and oxygen atoms in total. The van der Waals surface area contributed by atoms with Gasteiger partial charge in [-0.05, 0) is 60.7 Å². The molecule has 0 aliphatic carbocycles. The number of nitrogens with two attached hydrogens (primary N) is 1. The Bertz CT molecular complexity index is 752. The van der Waals surface area contributed by atoms with Gasteiger partial charge in [-0.2, -0.15) is 0 Å². The summed E-state index contributed by atoms with van der Waals surface area (Å²) >= 11 is 0. The minimum atomic E-state index is -0.0267. The van der Waals surface area contributed by atoms with Crippen LogP contribution in [0.4, 0.5) is 11.5 Å². The third kappa shape index (κ3) is 2.47. The monoisotopic (exact) mass is 308 g/mol. The third-order valence-corrected chi connectivity index (χ3v) is 4.74. The number of benzene rings is 1. The second-order valence-corrected chi connectivity index (χ2v) is 6.16. The SMILES string of the molecule is Nc1cc(-c2cccc3c2CCN3C(=O)[C@@H]2CCCN2)ccn1. The van der Waals surface area contributed by atoms with Crippen LogP contribution in [0.15, 0.2) is 36.5 Å². The van der Waals surface area contributed by atoms with Gasteiger partial charge in [0.15, 0.2) is 0 Å². The highest BCUT2D eigenvalue weighted by Gasteiger charge is 2.32. The standard InChI is InChI=1S/C18H20N4O/c19-17-11-12(6-9-21-17)13-3-1-5-16-14(13)7-10-22(16)18(23)15-4-2-8-20-15/h1,3,5-6,9,11,15,20H,2,4,7-8,10H2,(H2,19,21)/t15-/m0/s1. The predicted octanol–water partition coefficient (Wildman–Crippen LogP) is 1.97. The van der Waals surface area contributed by atoms with E-state index in [4.69, 9.17) is 5.73 Å². The first-order valence-electron chi connectivity index (χ1n) is 8.12. The van der Waals surface area contributed by atoms with Crippen LogP contribution >= 0.6 is 0 Å². The van der Waals surface area contributed by atoms with E-state index in [2.05, 4.69) is 16.4 Å². The number of nitrogen functional groups attached to an aromatic ring is 1. The Morgan fingerprint density at radius 2 is 2.26 bits per heavy atom. The van der Waals surface area contributed by atoms with Crippen molar-refractivity contribution in [2.24, 2.45) is 0 Å². The molecule has 2 aliphatic heterocycles. The van der Waals surface area contributed by atoms with Gasteiger partial charge in [-0.1, -0.05) is 12.1 Å². The van der Waals surface area contributed by atoms with Gasteiger partial charge in [-0.15, -0.1) is 0 Å². The lowest BCUT2D eigenvalue weighted by atomic mass is 9.98. The Hall–Kier alpha value is -2.40. The minimum Gasteiger partial charge on any atom is -0.384 e. The van der Waals surface area contributed by atoms with Gasteiger partial charge >= 0.3 is 0 Å².